The molecule has 0 amide bonds. The Kier molecular flexibility index (Phi) is 6.42. The first-order valence-electron chi connectivity index (χ1n) is 9.80. The van der Waals surface area contributed by atoms with Gasteiger partial charge in [0.2, 0.25) is 0 Å². The van der Waals surface area contributed by atoms with E-state index in [1.54, 1.807) is 13.0 Å². The van der Waals surface area contributed by atoms with Gasteiger partial charge < -0.3 is 15.4 Å². The number of nitrogen functional groups attached to an aromatic ring is 1. The van der Waals surface area contributed by atoms with E-state index in [4.69, 9.17) is 50.7 Å². The van der Waals surface area contributed by atoms with Crippen LogP contribution in [0, 0.1) is 11.2 Å². The Balaban J connectivity index is 1.63. The van der Waals surface area contributed by atoms with Gasteiger partial charge in [0.05, 0.1) is 20.8 Å². The van der Waals surface area contributed by atoms with Crippen LogP contribution in [0.15, 0.2) is 36.8 Å². The summed E-state index contributed by atoms with van der Waals surface area (Å²) in [5.41, 5.74) is 7.55. The van der Waals surface area contributed by atoms with Gasteiger partial charge in [-0.05, 0) is 31.5 Å². The number of rotatable bonds is 6. The van der Waals surface area contributed by atoms with Crippen molar-refractivity contribution in [2.75, 3.05) is 23.7 Å². The van der Waals surface area contributed by atoms with Gasteiger partial charge >= 0.3 is 0 Å². The van der Waals surface area contributed by atoms with Crippen LogP contribution in [0.3, 0.4) is 0 Å². The third-order valence-corrected chi connectivity index (χ3v) is 6.14. The molecular formula is C22H19Cl3FN5O. The first kappa shape index (κ1) is 22.6. The Morgan fingerprint density at radius 2 is 1.81 bits per heavy atom. The summed E-state index contributed by atoms with van der Waals surface area (Å²) in [6.45, 7) is 3.31. The maximum atomic E-state index is 14.6. The van der Waals surface area contributed by atoms with Gasteiger partial charge in [0.15, 0.2) is 11.6 Å². The van der Waals surface area contributed by atoms with Crippen molar-refractivity contribution in [2.24, 2.45) is 0 Å². The SMILES string of the molecule is C[C@@H](Oc1cc(C(=N)c2cnc(N3CCC3)c(F)c2)c(N)cc1Cl)c1c(Cl)cncc1Cl. The maximum Gasteiger partial charge on any atom is 0.166 e. The third-order valence-electron chi connectivity index (χ3n) is 5.24. The predicted octanol–water partition coefficient (Wildman–Crippen LogP) is 5.92. The lowest BCUT2D eigenvalue weighted by Crippen LogP contribution is -2.38. The second-order valence-electron chi connectivity index (χ2n) is 7.39. The molecule has 1 aromatic carbocycles. The largest absolute Gasteiger partial charge is 0.484 e. The number of halogens is 4. The standard InChI is InChI=1S/C22H19Cl3FN5O/c1-11(20-15(24)9-29-10-16(20)25)32-19-6-13(18(27)7-14(19)23)21(28)12-5-17(26)22(30-8-12)31-3-2-4-31/h5-11,28H,2-4,27H2,1H3/t11-/m1/s1. The fourth-order valence-electron chi connectivity index (χ4n) is 3.42. The minimum absolute atomic E-state index is 0.00166. The molecule has 2 aromatic heterocycles. The van der Waals surface area contributed by atoms with Gasteiger partial charge in [0, 0.05) is 54.1 Å². The molecule has 0 aliphatic carbocycles. The Morgan fingerprint density at radius 1 is 1.12 bits per heavy atom. The number of pyridine rings is 2. The topological polar surface area (TPSA) is 88.1 Å². The summed E-state index contributed by atoms with van der Waals surface area (Å²) in [4.78, 5) is 9.99. The molecule has 32 heavy (non-hydrogen) atoms. The number of hydrogen-bond donors (Lipinski definition) is 2. The summed E-state index contributed by atoms with van der Waals surface area (Å²) in [6, 6.07) is 4.32. The van der Waals surface area contributed by atoms with E-state index >= 15 is 0 Å². The highest BCUT2D eigenvalue weighted by Gasteiger charge is 2.22. The van der Waals surface area contributed by atoms with Crippen molar-refractivity contribution in [3.05, 3.63) is 74.4 Å². The molecule has 3 heterocycles. The van der Waals surface area contributed by atoms with E-state index in [9.17, 15) is 4.39 Å². The second kappa shape index (κ2) is 9.10. The lowest BCUT2D eigenvalue weighted by Gasteiger charge is -2.32. The van der Waals surface area contributed by atoms with E-state index in [2.05, 4.69) is 9.97 Å². The number of aromatic nitrogens is 2. The van der Waals surface area contributed by atoms with E-state index in [1.807, 2.05) is 4.90 Å². The van der Waals surface area contributed by atoms with Crippen LogP contribution < -0.4 is 15.4 Å². The summed E-state index contributed by atoms with van der Waals surface area (Å²) in [6.07, 6.45) is 4.86. The van der Waals surface area contributed by atoms with Crippen LogP contribution in [0.2, 0.25) is 15.1 Å². The molecule has 0 spiro atoms. The van der Waals surface area contributed by atoms with Crippen LogP contribution in [0.5, 0.6) is 5.75 Å². The first-order chi connectivity index (χ1) is 15.3. The smallest absolute Gasteiger partial charge is 0.166 e. The second-order valence-corrected chi connectivity index (χ2v) is 8.61. The number of anilines is 2. The molecule has 3 N–H and O–H groups in total. The van der Waals surface area contributed by atoms with Gasteiger partial charge in [-0.15, -0.1) is 0 Å². The van der Waals surface area contributed by atoms with E-state index in [0.29, 0.717) is 32.6 Å². The Bertz CT molecular complexity index is 1180. The molecule has 10 heteroatoms. The van der Waals surface area contributed by atoms with Crippen LogP contribution in [0.25, 0.3) is 0 Å². The summed E-state index contributed by atoms with van der Waals surface area (Å²) >= 11 is 18.8. The number of benzene rings is 1. The quantitative estimate of drug-likeness (QED) is 0.328. The minimum atomic E-state index is -0.559. The van der Waals surface area contributed by atoms with Gasteiger partial charge in [0.1, 0.15) is 11.9 Å². The van der Waals surface area contributed by atoms with Crippen molar-refractivity contribution in [2.45, 2.75) is 19.4 Å². The Labute approximate surface area is 199 Å². The zero-order valence-electron chi connectivity index (χ0n) is 17.0. The van der Waals surface area contributed by atoms with E-state index < -0.39 is 11.9 Å². The Hall–Kier alpha value is -2.61. The van der Waals surface area contributed by atoms with Gasteiger partial charge in [-0.25, -0.2) is 9.37 Å². The van der Waals surface area contributed by atoms with Crippen molar-refractivity contribution in [1.29, 1.82) is 5.41 Å². The van der Waals surface area contributed by atoms with Gasteiger partial charge in [-0.2, -0.15) is 0 Å². The number of nitrogens with two attached hydrogens (primary N) is 1. The molecule has 166 valence electrons. The van der Waals surface area contributed by atoms with Crippen molar-refractivity contribution in [3.8, 4) is 5.75 Å². The lowest BCUT2D eigenvalue weighted by molar-refractivity contribution is 0.227. The average molecular weight is 495 g/mol. The summed E-state index contributed by atoms with van der Waals surface area (Å²) in [7, 11) is 0. The molecule has 4 rings (SSSR count). The van der Waals surface area contributed by atoms with E-state index in [-0.39, 0.29) is 22.2 Å². The normalized spacial score (nSPS) is 14.1. The van der Waals surface area contributed by atoms with Gasteiger partial charge in [-0.1, -0.05) is 34.8 Å². The van der Waals surface area contributed by atoms with Crippen molar-refractivity contribution >= 4 is 52.0 Å². The molecular weight excluding hydrogens is 476 g/mol. The molecule has 1 saturated heterocycles. The maximum absolute atomic E-state index is 14.6. The molecule has 6 nitrogen and oxygen atoms in total. The van der Waals surface area contributed by atoms with Gasteiger partial charge in [0.25, 0.3) is 0 Å². The average Bonchev–Trinajstić information content (AvgIpc) is 2.69. The van der Waals surface area contributed by atoms with Crippen LogP contribution in [-0.4, -0.2) is 28.8 Å². The van der Waals surface area contributed by atoms with Crippen molar-refractivity contribution in [3.63, 3.8) is 0 Å². The summed E-state index contributed by atoms with van der Waals surface area (Å²) in [5.74, 6) is 0.0927. The molecule has 1 aliphatic heterocycles. The first-order valence-corrected chi connectivity index (χ1v) is 10.9. The van der Waals surface area contributed by atoms with E-state index in [1.165, 1.54) is 30.7 Å². The van der Waals surface area contributed by atoms with Crippen LogP contribution in [0.4, 0.5) is 15.9 Å². The third kappa shape index (κ3) is 4.33. The molecule has 0 unspecified atom stereocenters. The fraction of sp³-hybridized carbons (Fsp3) is 0.227. The lowest BCUT2D eigenvalue weighted by atomic mass is 10.0. The molecule has 1 aliphatic rings. The number of hydrogen-bond acceptors (Lipinski definition) is 6. The van der Waals surface area contributed by atoms with E-state index in [0.717, 1.165) is 19.5 Å². The highest BCUT2D eigenvalue weighted by atomic mass is 35.5. The minimum Gasteiger partial charge on any atom is -0.484 e. The number of nitrogens with one attached hydrogen (secondary N) is 1. The zero-order chi connectivity index (χ0) is 23.0. The monoisotopic (exact) mass is 493 g/mol. The highest BCUT2D eigenvalue weighted by molar-refractivity contribution is 6.36. The number of ether oxygens (including phenoxy) is 1. The van der Waals surface area contributed by atoms with Crippen LogP contribution >= 0.6 is 34.8 Å². The Morgan fingerprint density at radius 3 is 2.41 bits per heavy atom. The molecule has 0 radical (unpaired) electrons. The predicted molar refractivity (Wildman–Crippen MR) is 126 cm³/mol. The number of nitrogens with zero attached hydrogens (tertiary/aromatic N) is 3. The van der Waals surface area contributed by atoms with Crippen LogP contribution in [-0.2, 0) is 0 Å². The molecule has 0 saturated carbocycles. The molecule has 1 atom stereocenters. The van der Waals surface area contributed by atoms with Crippen molar-refractivity contribution in [1.82, 2.24) is 9.97 Å². The molecule has 1 fully saturated rings. The zero-order valence-corrected chi connectivity index (χ0v) is 19.3. The molecule has 0 bridgehead atoms. The van der Waals surface area contributed by atoms with Crippen LogP contribution in [0.1, 0.15) is 36.1 Å². The van der Waals surface area contributed by atoms with Gasteiger partial charge in [-0.3, -0.25) is 10.4 Å². The summed E-state index contributed by atoms with van der Waals surface area (Å²) < 4.78 is 20.6. The molecule has 3 aromatic rings. The highest BCUT2D eigenvalue weighted by Crippen LogP contribution is 2.37. The van der Waals surface area contributed by atoms with Crippen molar-refractivity contribution < 1.29 is 9.13 Å². The summed E-state index contributed by atoms with van der Waals surface area (Å²) in [5, 5.41) is 9.54. The fourth-order valence-corrected chi connectivity index (χ4v) is 4.31.